The molecular weight excluding hydrogens is 596 g/mol. The van der Waals surface area contributed by atoms with Crippen molar-refractivity contribution in [2.45, 2.75) is 37.8 Å². The maximum absolute atomic E-state index is 13.0. The lowest BCUT2D eigenvalue weighted by Crippen LogP contribution is -2.30. The Hall–Kier alpha value is -5.84. The van der Waals surface area contributed by atoms with Crippen LogP contribution >= 0.6 is 0 Å². The zero-order valence-corrected chi connectivity index (χ0v) is 25.5. The molecule has 2 fully saturated rings. The van der Waals surface area contributed by atoms with Gasteiger partial charge in [-0.05, 0) is 79.8 Å². The number of hydrogen-bond donors (Lipinski definition) is 2. The largest absolute Gasteiger partial charge is 0.472 e. The summed E-state index contributed by atoms with van der Waals surface area (Å²) < 4.78 is 16.4. The third-order valence-corrected chi connectivity index (χ3v) is 8.93. The molecule has 0 saturated carbocycles. The molecule has 0 spiro atoms. The molecule has 2 aliphatic rings. The topological polar surface area (TPSA) is 133 Å². The molecule has 2 amide bonds. The van der Waals surface area contributed by atoms with E-state index < -0.39 is 0 Å². The van der Waals surface area contributed by atoms with Crippen LogP contribution in [0.5, 0.6) is 11.5 Å². The maximum atomic E-state index is 13.0. The number of nitrogens with one attached hydrogen (secondary N) is 2. The molecule has 2 N–H and O–H groups in total. The number of ether oxygens (including phenoxy) is 1. The Balaban J connectivity index is 0.935. The third-order valence-electron chi connectivity index (χ3n) is 8.93. The van der Waals surface area contributed by atoms with E-state index in [1.807, 2.05) is 64.5 Å². The number of carbonyl (C=O) groups is 2. The molecule has 2 aromatic carbocycles. The molecule has 2 unspecified atom stereocenters. The van der Waals surface area contributed by atoms with Crippen LogP contribution in [-0.2, 0) is 0 Å². The summed E-state index contributed by atoms with van der Waals surface area (Å²) in [4.78, 5) is 45.8. The molecule has 6 heterocycles. The lowest BCUT2D eigenvalue weighted by Gasteiger charge is -2.22. The molecule has 8 rings (SSSR count). The lowest BCUT2D eigenvalue weighted by atomic mass is 10.1. The Morgan fingerprint density at radius 2 is 1.28 bits per heavy atom. The van der Waals surface area contributed by atoms with Crippen molar-refractivity contribution in [3.8, 4) is 34.0 Å². The van der Waals surface area contributed by atoms with E-state index in [0.29, 0.717) is 35.7 Å². The van der Waals surface area contributed by atoms with Gasteiger partial charge in [-0.3, -0.25) is 9.59 Å². The van der Waals surface area contributed by atoms with Crippen molar-refractivity contribution in [1.29, 1.82) is 0 Å². The second-order valence-corrected chi connectivity index (χ2v) is 11.9. The van der Waals surface area contributed by atoms with E-state index in [1.165, 1.54) is 25.1 Å². The molecule has 236 valence electrons. The van der Waals surface area contributed by atoms with Gasteiger partial charge in [-0.2, -0.15) is 0 Å². The van der Waals surface area contributed by atoms with Crippen molar-refractivity contribution in [2.24, 2.45) is 0 Å². The molecule has 6 aromatic rings. The number of rotatable bonds is 8. The number of carbonyl (C=O) groups excluding carboxylic acids is 2. The highest BCUT2D eigenvalue weighted by atomic mass is 16.5. The van der Waals surface area contributed by atoms with Crippen LogP contribution in [0.15, 0.2) is 107 Å². The Labute approximate surface area is 270 Å². The molecule has 0 bridgehead atoms. The summed E-state index contributed by atoms with van der Waals surface area (Å²) in [6.07, 6.45) is 13.2. The van der Waals surface area contributed by atoms with Gasteiger partial charge in [0.15, 0.2) is 0 Å². The van der Waals surface area contributed by atoms with Crippen LogP contribution in [0.2, 0.25) is 0 Å². The molecule has 4 aromatic heterocycles. The quantitative estimate of drug-likeness (QED) is 0.179. The number of H-pyrrole nitrogens is 2. The zero-order chi connectivity index (χ0) is 31.7. The van der Waals surface area contributed by atoms with Crippen molar-refractivity contribution >= 4 is 11.8 Å². The summed E-state index contributed by atoms with van der Waals surface area (Å²) in [5.41, 5.74) is 4.72. The first-order valence-electron chi connectivity index (χ1n) is 15.8. The van der Waals surface area contributed by atoms with Gasteiger partial charge < -0.3 is 33.3 Å². The number of hydrogen-bond acceptors (Lipinski definition) is 7. The van der Waals surface area contributed by atoms with Crippen LogP contribution in [0.3, 0.4) is 0 Å². The minimum absolute atomic E-state index is 0.0453. The Morgan fingerprint density at radius 3 is 1.83 bits per heavy atom. The number of nitrogens with zero attached hydrogens (tertiary/aromatic N) is 4. The number of benzene rings is 2. The molecule has 2 saturated heterocycles. The van der Waals surface area contributed by atoms with E-state index in [4.69, 9.17) is 13.6 Å². The Bertz CT molecular complexity index is 1990. The molecule has 11 heteroatoms. The molecule has 0 radical (unpaired) electrons. The van der Waals surface area contributed by atoms with Crippen LogP contribution < -0.4 is 4.74 Å². The first-order valence-corrected chi connectivity index (χ1v) is 15.8. The average Bonchev–Trinajstić information content (AvgIpc) is 3.96. The summed E-state index contributed by atoms with van der Waals surface area (Å²) in [6.45, 7) is 1.37. The molecular formula is C36H32N6O5. The van der Waals surface area contributed by atoms with Crippen LogP contribution in [0.25, 0.3) is 22.5 Å². The van der Waals surface area contributed by atoms with Crippen molar-refractivity contribution in [1.82, 2.24) is 29.7 Å². The molecule has 0 aliphatic carbocycles. The monoisotopic (exact) mass is 628 g/mol. The lowest BCUT2D eigenvalue weighted by molar-refractivity contribution is 0.0722. The molecule has 2 aliphatic heterocycles. The van der Waals surface area contributed by atoms with Crippen molar-refractivity contribution in [2.75, 3.05) is 13.1 Å². The van der Waals surface area contributed by atoms with Gasteiger partial charge in [0, 0.05) is 18.7 Å². The summed E-state index contributed by atoms with van der Waals surface area (Å²) in [5, 5.41) is 0. The number of amides is 2. The van der Waals surface area contributed by atoms with E-state index in [9.17, 15) is 9.59 Å². The van der Waals surface area contributed by atoms with Gasteiger partial charge in [-0.25, -0.2) is 9.97 Å². The highest BCUT2D eigenvalue weighted by Crippen LogP contribution is 2.35. The Kier molecular flexibility index (Phi) is 7.41. The molecule has 47 heavy (non-hydrogen) atoms. The summed E-state index contributed by atoms with van der Waals surface area (Å²) in [7, 11) is 0. The fraction of sp³-hybridized carbons (Fsp3) is 0.222. The highest BCUT2D eigenvalue weighted by molar-refractivity contribution is 5.94. The first-order chi connectivity index (χ1) is 23.1. The minimum Gasteiger partial charge on any atom is -0.472 e. The standard InChI is InChI=1S/C36H32N6O5/c43-35(25-12-16-45-21-25)41-14-2-6-31(41)33-37-19-29(39-33)23-8-10-27(11-9-23)47-28-5-1-4-24(18-28)30-20-38-34(40-30)32-7-3-15-42(32)36(44)26-13-17-46-22-26/h1,4-5,8-13,16-22,31-32H,2-3,6-7,14-15H2,(H,37,39)(H,38,40). The predicted molar refractivity (Wildman–Crippen MR) is 172 cm³/mol. The second kappa shape index (κ2) is 12.2. The van der Waals surface area contributed by atoms with Crippen molar-refractivity contribution in [3.05, 3.63) is 121 Å². The van der Waals surface area contributed by atoms with E-state index in [0.717, 1.165) is 59.8 Å². The van der Waals surface area contributed by atoms with E-state index in [1.54, 1.807) is 18.3 Å². The summed E-state index contributed by atoms with van der Waals surface area (Å²) in [5.74, 6) is 2.84. The Morgan fingerprint density at radius 1 is 0.702 bits per heavy atom. The summed E-state index contributed by atoms with van der Waals surface area (Å²) >= 11 is 0. The highest BCUT2D eigenvalue weighted by Gasteiger charge is 2.34. The molecule has 2 atom stereocenters. The van der Waals surface area contributed by atoms with Gasteiger partial charge in [0.1, 0.15) is 35.7 Å². The number of aromatic amines is 2. The van der Waals surface area contributed by atoms with Crippen LogP contribution in [0, 0.1) is 0 Å². The number of aromatic nitrogens is 4. The molecule has 11 nitrogen and oxygen atoms in total. The minimum atomic E-state index is -0.114. The SMILES string of the molecule is O=C(c1ccoc1)N1CCCC1c1ncc(-c2ccc(Oc3cccc(-c4cnc(C5CCCN5C(=O)c5ccoc5)[nH]4)c3)cc2)[nH]1. The van der Waals surface area contributed by atoms with Crippen LogP contribution in [0.1, 0.15) is 70.1 Å². The number of imidazole rings is 2. The van der Waals surface area contributed by atoms with Crippen molar-refractivity contribution in [3.63, 3.8) is 0 Å². The fourth-order valence-corrected chi connectivity index (χ4v) is 6.56. The van der Waals surface area contributed by atoms with E-state index >= 15 is 0 Å². The maximum Gasteiger partial charge on any atom is 0.257 e. The first kappa shape index (κ1) is 28.6. The number of furan rings is 2. The van der Waals surface area contributed by atoms with Gasteiger partial charge in [-0.15, -0.1) is 0 Å². The van der Waals surface area contributed by atoms with Crippen LogP contribution in [0.4, 0.5) is 0 Å². The fourth-order valence-electron chi connectivity index (χ4n) is 6.56. The van der Waals surface area contributed by atoms with E-state index in [-0.39, 0.29) is 23.9 Å². The number of likely N-dealkylation sites (tertiary alicyclic amines) is 2. The van der Waals surface area contributed by atoms with Gasteiger partial charge in [0.25, 0.3) is 11.8 Å². The van der Waals surface area contributed by atoms with Gasteiger partial charge in [0.05, 0.1) is 59.5 Å². The average molecular weight is 629 g/mol. The zero-order valence-electron chi connectivity index (χ0n) is 25.5. The van der Waals surface area contributed by atoms with Gasteiger partial charge >= 0.3 is 0 Å². The smallest absolute Gasteiger partial charge is 0.257 e. The summed E-state index contributed by atoms with van der Waals surface area (Å²) in [6, 6.07) is 18.8. The second-order valence-electron chi connectivity index (χ2n) is 11.9. The predicted octanol–water partition coefficient (Wildman–Crippen LogP) is 7.40. The van der Waals surface area contributed by atoms with Crippen molar-refractivity contribution < 1.29 is 23.2 Å². The normalized spacial score (nSPS) is 17.8. The van der Waals surface area contributed by atoms with Gasteiger partial charge in [0.2, 0.25) is 0 Å². The van der Waals surface area contributed by atoms with Gasteiger partial charge in [-0.1, -0.05) is 12.1 Å². The van der Waals surface area contributed by atoms with E-state index in [2.05, 4.69) is 19.9 Å². The third kappa shape index (κ3) is 5.60. The van der Waals surface area contributed by atoms with Crippen LogP contribution in [-0.4, -0.2) is 54.6 Å².